The second-order valence-electron chi connectivity index (χ2n) is 8.54. The number of nitrogens with two attached hydrogens (primary N) is 1. The zero-order chi connectivity index (χ0) is 25.1. The van der Waals surface area contributed by atoms with Crippen LogP contribution >= 0.6 is 0 Å². The lowest BCUT2D eigenvalue weighted by molar-refractivity contribution is -0.750. The van der Waals surface area contributed by atoms with Crippen LogP contribution in [-0.4, -0.2) is 55.9 Å². The first-order chi connectivity index (χ1) is 17.5. The van der Waals surface area contributed by atoms with Gasteiger partial charge in [0.25, 0.3) is 17.6 Å². The lowest BCUT2D eigenvalue weighted by Crippen LogP contribution is -2.53. The number of carbonyl (C=O) groups excluding carboxylic acids is 2. The molecule has 1 aromatic carbocycles. The van der Waals surface area contributed by atoms with Gasteiger partial charge in [-0.15, -0.1) is 4.59 Å². The quantitative estimate of drug-likeness (QED) is 0.394. The van der Waals surface area contributed by atoms with E-state index in [-0.39, 0.29) is 22.4 Å². The van der Waals surface area contributed by atoms with Crippen LogP contribution in [0, 0.1) is 11.8 Å². The highest BCUT2D eigenvalue weighted by Gasteiger charge is 2.48. The van der Waals surface area contributed by atoms with Gasteiger partial charge in [0, 0.05) is 12.7 Å². The molecule has 2 amide bonds. The molecule has 0 radical (unpaired) electrons. The Morgan fingerprint density at radius 3 is 2.89 bits per heavy atom. The standard InChI is InChI=1S/C26H24N8O2/c1-2-7-23(35)33-14-6-5-10-20(33)24-21-16-28-13-15-34(21,27)25(32-24)18-8-3-4-9-19(18)26(36)31-22-11-12-29-17-30-22/h3-4,8-9,11-13,15-17,20H,5-6,10,14,27H2,1H3/p+1. The number of benzene rings is 1. The van der Waals surface area contributed by atoms with Crippen molar-refractivity contribution >= 4 is 29.7 Å². The van der Waals surface area contributed by atoms with Crippen LogP contribution in [-0.2, 0) is 4.79 Å². The van der Waals surface area contributed by atoms with Crippen LogP contribution in [0.4, 0.5) is 5.82 Å². The van der Waals surface area contributed by atoms with Gasteiger partial charge in [-0.1, -0.05) is 18.1 Å². The van der Waals surface area contributed by atoms with E-state index in [9.17, 15) is 9.59 Å². The summed E-state index contributed by atoms with van der Waals surface area (Å²) in [6.45, 7) is 2.24. The van der Waals surface area contributed by atoms with E-state index in [1.165, 1.54) is 6.33 Å². The lowest BCUT2D eigenvalue weighted by Gasteiger charge is -2.34. The van der Waals surface area contributed by atoms with Crippen molar-refractivity contribution in [2.24, 2.45) is 15.8 Å². The second kappa shape index (κ2) is 9.65. The Morgan fingerprint density at radius 1 is 1.22 bits per heavy atom. The van der Waals surface area contributed by atoms with Crippen molar-refractivity contribution in [3.63, 3.8) is 0 Å². The maximum atomic E-state index is 13.3. The molecule has 1 saturated heterocycles. The molecule has 1 fully saturated rings. The summed E-state index contributed by atoms with van der Waals surface area (Å²) >= 11 is 0. The van der Waals surface area contributed by atoms with Crippen molar-refractivity contribution in [2.75, 3.05) is 11.9 Å². The van der Waals surface area contributed by atoms with Crippen LogP contribution in [0.3, 0.4) is 0 Å². The largest absolute Gasteiger partial charge is 0.323 e. The Hall–Kier alpha value is -4.46. The maximum Gasteiger partial charge on any atom is 0.299 e. The normalized spacial score (nSPS) is 22.4. The Balaban J connectivity index is 1.58. The molecule has 0 bridgehead atoms. The topological polar surface area (TPSA) is 126 Å². The summed E-state index contributed by atoms with van der Waals surface area (Å²) in [4.78, 5) is 45.1. The summed E-state index contributed by atoms with van der Waals surface area (Å²) in [7, 11) is 0. The Morgan fingerprint density at radius 2 is 2.08 bits per heavy atom. The molecule has 3 aliphatic heterocycles. The van der Waals surface area contributed by atoms with Gasteiger partial charge < -0.3 is 10.2 Å². The van der Waals surface area contributed by atoms with Gasteiger partial charge in [-0.3, -0.25) is 14.6 Å². The number of carbonyl (C=O) groups is 2. The van der Waals surface area contributed by atoms with E-state index in [2.05, 4.69) is 32.1 Å². The zero-order valence-electron chi connectivity index (χ0n) is 19.8. The number of hydrogen-bond acceptors (Lipinski definition) is 7. The number of rotatable bonds is 4. The molecule has 180 valence electrons. The highest BCUT2D eigenvalue weighted by Crippen LogP contribution is 2.37. The molecule has 36 heavy (non-hydrogen) atoms. The lowest BCUT2D eigenvalue weighted by atomic mass is 9.98. The summed E-state index contributed by atoms with van der Waals surface area (Å²) < 4.78 is -0.255. The molecular formula is C26H25N8O2+. The number of hydrogen-bond donors (Lipinski definition) is 2. The maximum absolute atomic E-state index is 13.3. The van der Waals surface area contributed by atoms with Crippen LogP contribution in [0.1, 0.15) is 42.1 Å². The summed E-state index contributed by atoms with van der Waals surface area (Å²) in [6, 6.07) is 8.46. The van der Waals surface area contributed by atoms with Crippen molar-refractivity contribution in [1.29, 1.82) is 0 Å². The fourth-order valence-corrected chi connectivity index (χ4v) is 4.69. The van der Waals surface area contributed by atoms with Crippen molar-refractivity contribution < 1.29 is 14.2 Å². The van der Waals surface area contributed by atoms with Crippen LogP contribution in [0.5, 0.6) is 0 Å². The number of likely N-dealkylation sites (tertiary alicyclic amines) is 1. The van der Waals surface area contributed by atoms with E-state index in [0.717, 1.165) is 19.3 Å². The van der Waals surface area contributed by atoms with Gasteiger partial charge in [0.15, 0.2) is 0 Å². The van der Waals surface area contributed by atoms with E-state index >= 15 is 0 Å². The second-order valence-corrected chi connectivity index (χ2v) is 8.54. The number of piperidine rings is 1. The molecule has 3 N–H and O–H groups in total. The Labute approximate surface area is 208 Å². The number of nitrogens with one attached hydrogen (secondary N) is 1. The third-order valence-electron chi connectivity index (χ3n) is 6.37. The highest BCUT2D eigenvalue weighted by molar-refractivity contribution is 6.13. The molecule has 10 nitrogen and oxygen atoms in total. The molecular weight excluding hydrogens is 456 g/mol. The van der Waals surface area contributed by atoms with Crippen molar-refractivity contribution in [3.8, 4) is 11.8 Å². The molecule has 5 rings (SSSR count). The van der Waals surface area contributed by atoms with Gasteiger partial charge in [0.2, 0.25) is 5.70 Å². The average Bonchev–Trinajstić information content (AvgIpc) is 3.22. The third-order valence-corrected chi connectivity index (χ3v) is 6.37. The Kier molecular flexibility index (Phi) is 6.25. The monoisotopic (exact) mass is 481 g/mol. The smallest absolute Gasteiger partial charge is 0.299 e. The summed E-state index contributed by atoms with van der Waals surface area (Å²) in [5.74, 6) is 12.6. The molecule has 4 heterocycles. The number of aromatic nitrogens is 2. The highest BCUT2D eigenvalue weighted by atomic mass is 16.2. The predicted molar refractivity (Wildman–Crippen MR) is 135 cm³/mol. The minimum absolute atomic E-state index is 0.234. The average molecular weight is 482 g/mol. The van der Waals surface area contributed by atoms with Crippen LogP contribution in [0.25, 0.3) is 0 Å². The van der Waals surface area contributed by atoms with Gasteiger partial charge in [-0.25, -0.2) is 9.97 Å². The number of amides is 2. The van der Waals surface area contributed by atoms with E-state index in [1.54, 1.807) is 54.8 Å². The van der Waals surface area contributed by atoms with Crippen LogP contribution in [0.2, 0.25) is 0 Å². The fourth-order valence-electron chi connectivity index (χ4n) is 4.69. The van der Waals surface area contributed by atoms with Crippen molar-refractivity contribution in [1.82, 2.24) is 14.9 Å². The van der Waals surface area contributed by atoms with E-state index < -0.39 is 0 Å². The number of fused-ring (bicyclic) bond motifs is 1. The van der Waals surface area contributed by atoms with Gasteiger partial charge in [0.05, 0.1) is 29.6 Å². The predicted octanol–water partition coefficient (Wildman–Crippen LogP) is 2.35. The minimum atomic E-state index is -0.351. The zero-order valence-corrected chi connectivity index (χ0v) is 19.8. The van der Waals surface area contributed by atoms with Crippen LogP contribution < -0.4 is 11.2 Å². The van der Waals surface area contributed by atoms with E-state index in [0.29, 0.717) is 40.7 Å². The summed E-state index contributed by atoms with van der Waals surface area (Å²) in [5, 5.41) is 2.80. The molecule has 2 aromatic rings. The number of allylic oxidation sites excluding steroid dienone is 1. The summed E-state index contributed by atoms with van der Waals surface area (Å²) in [6.07, 6.45) is 10.5. The van der Waals surface area contributed by atoms with Crippen LogP contribution in [0.15, 0.2) is 76.6 Å². The molecule has 0 spiro atoms. The third kappa shape index (κ3) is 4.11. The SMILES string of the molecule is CC#CC(=O)N1CCCCC1C1=C2C=NC=C[N+]2(N)C(c2ccccc2C(=O)Nc2ccncn2)=N1. The van der Waals surface area contributed by atoms with Crippen molar-refractivity contribution in [3.05, 3.63) is 77.8 Å². The van der Waals surface area contributed by atoms with Gasteiger partial charge in [0.1, 0.15) is 24.0 Å². The molecule has 0 aliphatic carbocycles. The first-order valence-electron chi connectivity index (χ1n) is 11.6. The van der Waals surface area contributed by atoms with Gasteiger partial charge in [-0.05, 0) is 50.3 Å². The summed E-state index contributed by atoms with van der Waals surface area (Å²) in [5.41, 5.74) is 2.29. The van der Waals surface area contributed by atoms with E-state index in [1.807, 2.05) is 12.1 Å². The fraction of sp³-hybridized carbons (Fsp3) is 0.231. The molecule has 3 aliphatic rings. The first kappa shape index (κ1) is 23.3. The van der Waals surface area contributed by atoms with Gasteiger partial charge in [-0.2, -0.15) is 10.8 Å². The molecule has 2 unspecified atom stereocenters. The number of anilines is 1. The van der Waals surface area contributed by atoms with E-state index in [4.69, 9.17) is 10.8 Å². The minimum Gasteiger partial charge on any atom is -0.323 e. The number of nitrogens with zero attached hydrogens (tertiary/aromatic N) is 6. The Bertz CT molecular complexity index is 1400. The van der Waals surface area contributed by atoms with Crippen molar-refractivity contribution in [2.45, 2.75) is 32.2 Å². The number of quaternary nitrogens is 1. The molecule has 0 saturated carbocycles. The number of aliphatic imine (C=N–C) groups is 2. The molecule has 10 heteroatoms. The van der Waals surface area contributed by atoms with Gasteiger partial charge >= 0.3 is 0 Å². The molecule has 2 atom stereocenters. The molecule has 1 aromatic heterocycles. The number of amidine groups is 1. The first-order valence-corrected chi connectivity index (χ1v) is 11.6.